The van der Waals surface area contributed by atoms with E-state index in [1.165, 1.54) is 6.07 Å². The predicted molar refractivity (Wildman–Crippen MR) is 67.6 cm³/mol. The first kappa shape index (κ1) is 13.3. The maximum atomic E-state index is 13.4. The molecule has 3 rings (SSSR count). The Hall–Kier alpha value is -2.70. The first-order valence-electron chi connectivity index (χ1n) is 5.80. The van der Waals surface area contributed by atoms with Crippen molar-refractivity contribution in [1.82, 2.24) is 10.2 Å². The number of rotatable bonds is 1. The van der Waals surface area contributed by atoms with Gasteiger partial charge in [-0.15, -0.1) is 0 Å². The minimum absolute atomic E-state index is 0.00339. The number of fused-ring (bicyclic) bond motifs is 1. The van der Waals surface area contributed by atoms with E-state index in [1.807, 2.05) is 0 Å². The van der Waals surface area contributed by atoms with Gasteiger partial charge < -0.3 is 0 Å². The van der Waals surface area contributed by atoms with Gasteiger partial charge >= 0.3 is 0 Å². The molecule has 0 saturated carbocycles. The molecule has 3 aromatic rings. The van der Waals surface area contributed by atoms with E-state index in [9.17, 15) is 22.4 Å². The van der Waals surface area contributed by atoms with Crippen molar-refractivity contribution in [3.63, 3.8) is 0 Å². The minimum atomic E-state index is -1.18. The van der Waals surface area contributed by atoms with Crippen molar-refractivity contribution in [2.45, 2.75) is 0 Å². The summed E-state index contributed by atoms with van der Waals surface area (Å²) in [4.78, 5) is 11.6. The molecular weight excluding hydrogens is 288 g/mol. The van der Waals surface area contributed by atoms with E-state index in [2.05, 4.69) is 10.2 Å². The molecule has 0 unspecified atom stereocenters. The number of aromatic nitrogens is 2. The van der Waals surface area contributed by atoms with Crippen molar-refractivity contribution >= 4 is 10.8 Å². The molecule has 1 heterocycles. The van der Waals surface area contributed by atoms with E-state index in [-0.39, 0.29) is 22.0 Å². The fourth-order valence-electron chi connectivity index (χ4n) is 2.02. The van der Waals surface area contributed by atoms with Gasteiger partial charge in [-0.05, 0) is 30.3 Å². The highest BCUT2D eigenvalue weighted by Crippen LogP contribution is 2.27. The highest BCUT2D eigenvalue weighted by molar-refractivity contribution is 5.93. The average Bonchev–Trinajstić information content (AvgIpc) is 2.45. The van der Waals surface area contributed by atoms with Crippen LogP contribution in [0.15, 0.2) is 35.1 Å². The number of nitrogens with zero attached hydrogens (tertiary/aromatic N) is 1. The first-order valence-corrected chi connectivity index (χ1v) is 5.80. The molecule has 2 aromatic carbocycles. The number of hydrogen-bond acceptors (Lipinski definition) is 2. The van der Waals surface area contributed by atoms with E-state index >= 15 is 0 Å². The SMILES string of the molecule is O=c1[nH]nc(-c2ccc(F)c(F)c2)c2cc(F)c(F)cc12. The van der Waals surface area contributed by atoms with E-state index in [4.69, 9.17) is 0 Å². The van der Waals surface area contributed by atoms with Gasteiger partial charge in [0.25, 0.3) is 5.56 Å². The molecule has 0 saturated heterocycles. The number of nitrogens with one attached hydrogen (secondary N) is 1. The summed E-state index contributed by atoms with van der Waals surface area (Å²) in [5.74, 6) is -4.52. The molecule has 106 valence electrons. The van der Waals surface area contributed by atoms with Crippen molar-refractivity contribution < 1.29 is 17.6 Å². The second-order valence-electron chi connectivity index (χ2n) is 4.34. The van der Waals surface area contributed by atoms with E-state index in [0.717, 1.165) is 24.3 Å². The van der Waals surface area contributed by atoms with Crippen molar-refractivity contribution in [3.05, 3.63) is 64.0 Å². The fraction of sp³-hybridized carbons (Fsp3) is 0. The van der Waals surface area contributed by atoms with Crippen molar-refractivity contribution in [2.24, 2.45) is 0 Å². The first-order chi connectivity index (χ1) is 9.97. The summed E-state index contributed by atoms with van der Waals surface area (Å²) in [6, 6.07) is 4.48. The molecule has 0 aliphatic heterocycles. The largest absolute Gasteiger partial charge is 0.272 e. The van der Waals surface area contributed by atoms with Crippen molar-refractivity contribution in [2.75, 3.05) is 0 Å². The molecule has 0 atom stereocenters. The third kappa shape index (κ3) is 2.16. The number of halogens is 4. The third-order valence-electron chi connectivity index (χ3n) is 3.02. The van der Waals surface area contributed by atoms with E-state index in [1.54, 1.807) is 0 Å². The van der Waals surface area contributed by atoms with Gasteiger partial charge in [0.15, 0.2) is 23.3 Å². The minimum Gasteiger partial charge on any atom is -0.267 e. The predicted octanol–water partition coefficient (Wildman–Crippen LogP) is 3.15. The Bertz CT molecular complexity index is 921. The molecule has 0 bridgehead atoms. The molecule has 3 nitrogen and oxygen atoms in total. The van der Waals surface area contributed by atoms with E-state index in [0.29, 0.717) is 0 Å². The lowest BCUT2D eigenvalue weighted by atomic mass is 10.0. The van der Waals surface area contributed by atoms with Gasteiger partial charge in [-0.3, -0.25) is 4.79 Å². The Morgan fingerprint density at radius 1 is 0.810 bits per heavy atom. The van der Waals surface area contributed by atoms with Crippen molar-refractivity contribution in [1.29, 1.82) is 0 Å². The summed E-state index contributed by atoms with van der Waals surface area (Å²) in [6.45, 7) is 0. The van der Waals surface area contributed by atoms with Crippen LogP contribution in [0.25, 0.3) is 22.0 Å². The zero-order chi connectivity index (χ0) is 15.1. The van der Waals surface area contributed by atoms with Gasteiger partial charge in [0, 0.05) is 10.9 Å². The molecule has 1 N–H and O–H groups in total. The summed E-state index contributed by atoms with van der Waals surface area (Å²) in [5, 5.41) is 5.68. The van der Waals surface area contributed by atoms with Crippen LogP contribution in [-0.2, 0) is 0 Å². The molecular formula is C14H6F4N2O. The van der Waals surface area contributed by atoms with Gasteiger partial charge in [-0.25, -0.2) is 22.7 Å². The van der Waals surface area contributed by atoms with Crippen LogP contribution in [0.4, 0.5) is 17.6 Å². The van der Waals surface area contributed by atoms with Crippen LogP contribution in [0.5, 0.6) is 0 Å². The normalized spacial score (nSPS) is 11.0. The van der Waals surface area contributed by atoms with Crippen molar-refractivity contribution in [3.8, 4) is 11.3 Å². The zero-order valence-electron chi connectivity index (χ0n) is 10.3. The maximum Gasteiger partial charge on any atom is 0.272 e. The lowest BCUT2D eigenvalue weighted by Crippen LogP contribution is -2.10. The Labute approximate surface area is 114 Å². The zero-order valence-corrected chi connectivity index (χ0v) is 10.3. The van der Waals surface area contributed by atoms with Crippen LogP contribution in [0.1, 0.15) is 0 Å². The van der Waals surface area contributed by atoms with Crippen LogP contribution >= 0.6 is 0 Å². The van der Waals surface area contributed by atoms with Gasteiger partial charge in [0.2, 0.25) is 0 Å². The Kier molecular flexibility index (Phi) is 2.97. The van der Waals surface area contributed by atoms with Crippen LogP contribution in [0.2, 0.25) is 0 Å². The van der Waals surface area contributed by atoms with E-state index < -0.39 is 28.8 Å². The molecule has 0 fully saturated rings. The molecule has 0 aliphatic carbocycles. The molecule has 0 aliphatic rings. The molecule has 0 radical (unpaired) electrons. The number of aromatic amines is 1. The summed E-state index contributed by atoms with van der Waals surface area (Å²) < 4.78 is 52.8. The van der Waals surface area contributed by atoms with Crippen LogP contribution in [-0.4, -0.2) is 10.2 Å². The average molecular weight is 294 g/mol. The second kappa shape index (κ2) is 4.69. The smallest absolute Gasteiger partial charge is 0.267 e. The van der Waals surface area contributed by atoms with Crippen LogP contribution < -0.4 is 5.56 Å². The monoisotopic (exact) mass is 294 g/mol. The topological polar surface area (TPSA) is 45.8 Å². The quantitative estimate of drug-likeness (QED) is 0.701. The highest BCUT2D eigenvalue weighted by Gasteiger charge is 2.14. The Morgan fingerprint density at radius 3 is 2.10 bits per heavy atom. The Balaban J connectivity index is 2.37. The molecule has 21 heavy (non-hydrogen) atoms. The van der Waals surface area contributed by atoms with Gasteiger partial charge in [0.1, 0.15) is 0 Å². The summed E-state index contributed by atoms with van der Waals surface area (Å²) in [6.07, 6.45) is 0. The lowest BCUT2D eigenvalue weighted by molar-refractivity contribution is 0.509. The Morgan fingerprint density at radius 2 is 1.43 bits per heavy atom. The number of benzene rings is 2. The molecule has 0 spiro atoms. The van der Waals surface area contributed by atoms with Crippen LogP contribution in [0.3, 0.4) is 0 Å². The highest BCUT2D eigenvalue weighted by atomic mass is 19.2. The maximum absolute atomic E-state index is 13.4. The third-order valence-corrected chi connectivity index (χ3v) is 3.02. The van der Waals surface area contributed by atoms with Crippen LogP contribution in [0, 0.1) is 23.3 Å². The fourth-order valence-corrected chi connectivity index (χ4v) is 2.02. The van der Waals surface area contributed by atoms with Gasteiger partial charge in [-0.1, -0.05) is 0 Å². The summed E-state index contributed by atoms with van der Waals surface area (Å²) >= 11 is 0. The van der Waals surface area contributed by atoms with Gasteiger partial charge in [-0.2, -0.15) is 5.10 Å². The van der Waals surface area contributed by atoms with Gasteiger partial charge in [0.05, 0.1) is 11.1 Å². The number of H-pyrrole nitrogens is 1. The second-order valence-corrected chi connectivity index (χ2v) is 4.34. The molecule has 1 aromatic heterocycles. The molecule has 0 amide bonds. The standard InChI is InChI=1S/C14H6F4N2O/c15-9-2-1-6(3-10(9)16)13-7-4-11(17)12(18)5-8(7)14(21)20-19-13/h1-5H,(H,20,21). The summed E-state index contributed by atoms with van der Waals surface area (Å²) in [7, 11) is 0. The lowest BCUT2D eigenvalue weighted by Gasteiger charge is -2.06. The number of hydrogen-bond donors (Lipinski definition) is 1. The summed E-state index contributed by atoms with van der Waals surface area (Å²) in [5.41, 5.74) is -0.571. The molecule has 7 heteroatoms.